The molecule has 25 heavy (non-hydrogen) atoms. The minimum Gasteiger partial charge on any atom is -0.368 e. The number of hydrogen-bond donors (Lipinski definition) is 3. The summed E-state index contributed by atoms with van der Waals surface area (Å²) in [4.78, 5) is 36.4. The summed E-state index contributed by atoms with van der Waals surface area (Å²) in [7, 11) is 0. The summed E-state index contributed by atoms with van der Waals surface area (Å²) in [5, 5.41) is 5.19. The second-order valence-corrected chi connectivity index (χ2v) is 6.66. The maximum atomic E-state index is 11.8. The van der Waals surface area contributed by atoms with Crippen molar-refractivity contribution >= 4 is 35.1 Å². The molecule has 1 heterocycles. The van der Waals surface area contributed by atoms with E-state index in [-0.39, 0.29) is 18.4 Å². The van der Waals surface area contributed by atoms with Crippen molar-refractivity contribution < 1.29 is 14.4 Å². The van der Waals surface area contributed by atoms with E-state index >= 15 is 0 Å². The van der Waals surface area contributed by atoms with Gasteiger partial charge in [0.2, 0.25) is 11.8 Å². The number of aryl methyl sites for hydroxylation is 1. The zero-order valence-corrected chi connectivity index (χ0v) is 14.6. The van der Waals surface area contributed by atoms with Crippen LogP contribution in [-0.4, -0.2) is 24.3 Å². The van der Waals surface area contributed by atoms with E-state index in [4.69, 9.17) is 5.73 Å². The molecule has 0 saturated carbocycles. The Morgan fingerprint density at radius 1 is 1.08 bits per heavy atom. The molecule has 3 amide bonds. The lowest BCUT2D eigenvalue weighted by Crippen LogP contribution is -2.33. The third-order valence-electron chi connectivity index (χ3n) is 3.27. The van der Waals surface area contributed by atoms with E-state index in [1.54, 1.807) is 41.7 Å². The van der Waals surface area contributed by atoms with Gasteiger partial charge in [0, 0.05) is 27.9 Å². The molecule has 0 atom stereocenters. The fourth-order valence-corrected chi connectivity index (χ4v) is 2.77. The number of nitrogens with one attached hydrogen (secondary N) is 2. The number of primary amides is 1. The Kier molecular flexibility index (Phi) is 6.47. The Morgan fingerprint density at radius 3 is 2.40 bits per heavy atom. The van der Waals surface area contributed by atoms with E-state index in [9.17, 15) is 14.4 Å². The molecule has 1 aromatic heterocycles. The van der Waals surface area contributed by atoms with Gasteiger partial charge in [-0.3, -0.25) is 14.4 Å². The van der Waals surface area contributed by atoms with Gasteiger partial charge in [-0.15, -0.1) is 11.3 Å². The Bertz CT molecular complexity index is 794. The molecule has 2 aromatic rings. The molecule has 0 unspecified atom stereocenters. The zero-order chi connectivity index (χ0) is 18.2. The highest BCUT2D eigenvalue weighted by Gasteiger charge is 2.06. The first kappa shape index (κ1) is 18.4. The molecule has 0 fully saturated rings. The van der Waals surface area contributed by atoms with Crippen molar-refractivity contribution in [2.75, 3.05) is 6.54 Å². The first-order chi connectivity index (χ1) is 11.9. The average Bonchev–Trinajstić information content (AvgIpc) is 3.02. The molecule has 0 aliphatic heterocycles. The molecule has 6 nitrogen and oxygen atoms in total. The standard InChI is InChI=1S/C18H19N3O3S/c1-12-2-7-15(25-12)8-9-17(23)20-10-13-3-5-14(6-4-13)18(24)21-11-16(19)22/h2-9H,10-11H2,1H3,(H2,19,22)(H,20,23)(H,21,24). The summed E-state index contributed by atoms with van der Waals surface area (Å²) >= 11 is 1.62. The van der Waals surface area contributed by atoms with Crippen molar-refractivity contribution in [2.45, 2.75) is 13.5 Å². The smallest absolute Gasteiger partial charge is 0.251 e. The van der Waals surface area contributed by atoms with Gasteiger partial charge < -0.3 is 16.4 Å². The van der Waals surface area contributed by atoms with Gasteiger partial charge in [0.25, 0.3) is 5.91 Å². The van der Waals surface area contributed by atoms with E-state index in [1.807, 2.05) is 19.1 Å². The molecule has 0 aliphatic carbocycles. The first-order valence-electron chi connectivity index (χ1n) is 7.62. The highest BCUT2D eigenvalue weighted by molar-refractivity contribution is 7.12. The van der Waals surface area contributed by atoms with Gasteiger partial charge >= 0.3 is 0 Å². The second-order valence-electron chi connectivity index (χ2n) is 5.35. The number of hydrogen-bond acceptors (Lipinski definition) is 4. The minimum absolute atomic E-state index is 0.186. The molecule has 0 spiro atoms. The highest BCUT2D eigenvalue weighted by atomic mass is 32.1. The van der Waals surface area contributed by atoms with Gasteiger partial charge in [0.15, 0.2) is 0 Å². The molecular weight excluding hydrogens is 338 g/mol. The van der Waals surface area contributed by atoms with Crippen LogP contribution >= 0.6 is 11.3 Å². The summed E-state index contributed by atoms with van der Waals surface area (Å²) in [6.07, 6.45) is 3.27. The van der Waals surface area contributed by atoms with Crippen LogP contribution < -0.4 is 16.4 Å². The predicted octanol–water partition coefficient (Wildman–Crippen LogP) is 1.60. The van der Waals surface area contributed by atoms with Crippen LogP contribution in [0.5, 0.6) is 0 Å². The summed E-state index contributed by atoms with van der Waals surface area (Å²) < 4.78 is 0. The largest absolute Gasteiger partial charge is 0.368 e. The number of nitrogens with two attached hydrogens (primary N) is 1. The number of rotatable bonds is 7. The van der Waals surface area contributed by atoms with Crippen LogP contribution in [0.4, 0.5) is 0 Å². The van der Waals surface area contributed by atoms with Crippen LogP contribution in [0, 0.1) is 6.92 Å². The maximum Gasteiger partial charge on any atom is 0.251 e. The maximum absolute atomic E-state index is 11.8. The van der Waals surface area contributed by atoms with Gasteiger partial charge in [-0.25, -0.2) is 0 Å². The van der Waals surface area contributed by atoms with Crippen molar-refractivity contribution in [3.05, 3.63) is 63.4 Å². The van der Waals surface area contributed by atoms with E-state index in [0.29, 0.717) is 12.1 Å². The van der Waals surface area contributed by atoms with Crippen molar-refractivity contribution in [3.8, 4) is 0 Å². The third kappa shape index (κ3) is 6.23. The van der Waals surface area contributed by atoms with Crippen LogP contribution in [0.3, 0.4) is 0 Å². The molecular formula is C18H19N3O3S. The molecule has 0 radical (unpaired) electrons. The molecule has 0 saturated heterocycles. The van der Waals surface area contributed by atoms with Crippen molar-refractivity contribution in [2.24, 2.45) is 5.73 Å². The SMILES string of the molecule is Cc1ccc(C=CC(=O)NCc2ccc(C(=O)NCC(N)=O)cc2)s1. The van der Waals surface area contributed by atoms with Gasteiger partial charge in [-0.1, -0.05) is 12.1 Å². The summed E-state index contributed by atoms with van der Waals surface area (Å²) in [6.45, 7) is 2.17. The topological polar surface area (TPSA) is 101 Å². The Labute approximate surface area is 149 Å². The molecule has 7 heteroatoms. The number of amides is 3. The highest BCUT2D eigenvalue weighted by Crippen LogP contribution is 2.16. The zero-order valence-electron chi connectivity index (χ0n) is 13.7. The van der Waals surface area contributed by atoms with Crippen molar-refractivity contribution in [1.29, 1.82) is 0 Å². The average molecular weight is 357 g/mol. The lowest BCUT2D eigenvalue weighted by molar-refractivity contribution is -0.117. The van der Waals surface area contributed by atoms with Crippen molar-refractivity contribution in [1.82, 2.24) is 10.6 Å². The molecule has 0 aliphatic rings. The molecule has 2 rings (SSSR count). The van der Waals surface area contributed by atoms with E-state index in [0.717, 1.165) is 10.4 Å². The fraction of sp³-hybridized carbons (Fsp3) is 0.167. The molecule has 130 valence electrons. The van der Waals surface area contributed by atoms with Crippen LogP contribution in [0.2, 0.25) is 0 Å². The number of carbonyl (C=O) groups excluding carboxylic acids is 3. The molecule has 0 bridgehead atoms. The summed E-state index contributed by atoms with van der Waals surface area (Å²) in [5.74, 6) is -1.16. The number of thiophene rings is 1. The van der Waals surface area contributed by atoms with Crippen LogP contribution in [-0.2, 0) is 16.1 Å². The van der Waals surface area contributed by atoms with E-state index in [1.165, 1.54) is 11.0 Å². The van der Waals surface area contributed by atoms with Gasteiger partial charge in [-0.2, -0.15) is 0 Å². The quantitative estimate of drug-likeness (QED) is 0.656. The lowest BCUT2D eigenvalue weighted by atomic mass is 10.1. The third-order valence-corrected chi connectivity index (χ3v) is 4.23. The normalized spacial score (nSPS) is 10.6. The van der Waals surface area contributed by atoms with Crippen LogP contribution in [0.1, 0.15) is 25.7 Å². The fourth-order valence-electron chi connectivity index (χ4n) is 1.99. The Balaban J connectivity index is 1.82. The number of carbonyl (C=O) groups is 3. The minimum atomic E-state index is -0.599. The lowest BCUT2D eigenvalue weighted by Gasteiger charge is -2.05. The molecule has 1 aromatic carbocycles. The van der Waals surface area contributed by atoms with E-state index < -0.39 is 5.91 Å². The van der Waals surface area contributed by atoms with Gasteiger partial charge in [-0.05, 0) is 42.8 Å². The van der Waals surface area contributed by atoms with Gasteiger partial charge in [0.1, 0.15) is 0 Å². The Morgan fingerprint density at radius 2 is 1.80 bits per heavy atom. The monoisotopic (exact) mass is 357 g/mol. The van der Waals surface area contributed by atoms with Crippen LogP contribution in [0.15, 0.2) is 42.5 Å². The van der Waals surface area contributed by atoms with E-state index in [2.05, 4.69) is 10.6 Å². The second kappa shape index (κ2) is 8.79. The van der Waals surface area contributed by atoms with Crippen LogP contribution in [0.25, 0.3) is 6.08 Å². The summed E-state index contributed by atoms with van der Waals surface area (Å²) in [6, 6.07) is 10.7. The summed E-state index contributed by atoms with van der Waals surface area (Å²) in [5.41, 5.74) is 6.26. The predicted molar refractivity (Wildman–Crippen MR) is 97.9 cm³/mol. The van der Waals surface area contributed by atoms with Gasteiger partial charge in [0.05, 0.1) is 6.54 Å². The molecule has 4 N–H and O–H groups in total. The Hall–Kier alpha value is -2.93. The number of benzene rings is 1. The first-order valence-corrected chi connectivity index (χ1v) is 8.43. The van der Waals surface area contributed by atoms with Crippen molar-refractivity contribution in [3.63, 3.8) is 0 Å².